The molecule has 0 fully saturated rings. The number of pyridine rings is 1. The highest BCUT2D eigenvalue weighted by atomic mass is 16.4. The summed E-state index contributed by atoms with van der Waals surface area (Å²) in [4.78, 5) is 10.4. The van der Waals surface area contributed by atoms with Gasteiger partial charge in [0.2, 0.25) is 11.8 Å². The van der Waals surface area contributed by atoms with Crippen LogP contribution in [0.3, 0.4) is 0 Å². The van der Waals surface area contributed by atoms with E-state index in [9.17, 15) is 0 Å². The van der Waals surface area contributed by atoms with Gasteiger partial charge in [-0.25, -0.2) is 9.97 Å². The molecule has 0 N–H and O–H groups in total. The number of benzene rings is 5. The molecule has 6 nitrogen and oxygen atoms in total. The van der Waals surface area contributed by atoms with Crippen molar-refractivity contribution < 1.29 is 4.42 Å². The molecule has 0 bridgehead atoms. The Morgan fingerprint density at radius 2 is 1.24 bits per heavy atom. The molecule has 0 amide bonds. The van der Waals surface area contributed by atoms with Crippen LogP contribution in [0.1, 0.15) is 12.7 Å². The fourth-order valence-corrected chi connectivity index (χ4v) is 5.75. The topological polar surface area (TPSA) is 69.6 Å². The predicted octanol–water partition coefficient (Wildman–Crippen LogP) is 8.67. The molecule has 5 aromatic carbocycles. The molecule has 0 saturated heterocycles. The van der Waals surface area contributed by atoms with E-state index in [2.05, 4.69) is 88.4 Å². The Labute approximate surface area is 241 Å². The zero-order chi connectivity index (χ0) is 28.0. The van der Waals surface area contributed by atoms with Crippen molar-refractivity contribution in [2.45, 2.75) is 13.3 Å². The summed E-state index contributed by atoms with van der Waals surface area (Å²) in [6.07, 6.45) is 0.811. The first-order valence-corrected chi connectivity index (χ1v) is 14.1. The number of hydrogen-bond acceptors (Lipinski definition) is 5. The summed E-state index contributed by atoms with van der Waals surface area (Å²) in [6, 6.07) is 41.1. The molecule has 0 radical (unpaired) electrons. The second-order valence-electron chi connectivity index (χ2n) is 10.2. The van der Waals surface area contributed by atoms with Crippen LogP contribution >= 0.6 is 0 Å². The van der Waals surface area contributed by atoms with E-state index in [1.165, 1.54) is 0 Å². The van der Waals surface area contributed by atoms with Crippen molar-refractivity contribution in [2.24, 2.45) is 0 Å². The second-order valence-corrected chi connectivity index (χ2v) is 10.2. The summed E-state index contributed by atoms with van der Waals surface area (Å²) >= 11 is 0. The standard InChI is InChI=1S/C36H25N5O/c1-2-31-38-34-30(41(31)26-13-7-4-8-14-26)22-21-28-27-15-9-10-16-29(27)37-33(32(28)34)23-17-19-25(20-18-23)36-40-39-35(42-36)24-11-5-3-6-12-24/h3-22H,2H2,1H3. The van der Waals surface area contributed by atoms with Crippen molar-refractivity contribution in [1.82, 2.24) is 24.7 Å². The maximum absolute atomic E-state index is 6.01. The number of nitrogens with zero attached hydrogens (tertiary/aromatic N) is 5. The van der Waals surface area contributed by atoms with Gasteiger partial charge in [0, 0.05) is 39.6 Å². The van der Waals surface area contributed by atoms with Gasteiger partial charge < -0.3 is 4.42 Å². The minimum atomic E-state index is 0.480. The van der Waals surface area contributed by atoms with Gasteiger partial charge in [-0.2, -0.15) is 0 Å². The molecule has 3 heterocycles. The fourth-order valence-electron chi connectivity index (χ4n) is 5.75. The van der Waals surface area contributed by atoms with Gasteiger partial charge in [-0.1, -0.05) is 79.7 Å². The number of rotatable bonds is 5. The van der Waals surface area contributed by atoms with Crippen LogP contribution in [0.5, 0.6) is 0 Å². The van der Waals surface area contributed by atoms with Crippen LogP contribution in [0.4, 0.5) is 0 Å². The van der Waals surface area contributed by atoms with Crippen LogP contribution in [0.25, 0.3) is 72.6 Å². The average molecular weight is 544 g/mol. The number of aryl methyl sites for hydroxylation is 1. The second kappa shape index (κ2) is 9.78. The van der Waals surface area contributed by atoms with E-state index in [4.69, 9.17) is 14.4 Å². The Morgan fingerprint density at radius 1 is 0.595 bits per heavy atom. The fraction of sp³-hybridized carbons (Fsp3) is 0.0556. The first kappa shape index (κ1) is 24.2. The Hall–Kier alpha value is -5.62. The highest BCUT2D eigenvalue weighted by Crippen LogP contribution is 2.38. The van der Waals surface area contributed by atoms with Crippen molar-refractivity contribution in [2.75, 3.05) is 0 Å². The smallest absolute Gasteiger partial charge is 0.248 e. The predicted molar refractivity (Wildman–Crippen MR) is 167 cm³/mol. The van der Waals surface area contributed by atoms with Gasteiger partial charge in [0.1, 0.15) is 5.82 Å². The minimum absolute atomic E-state index is 0.480. The summed E-state index contributed by atoms with van der Waals surface area (Å²) in [5.41, 5.74) is 7.72. The van der Waals surface area contributed by atoms with Gasteiger partial charge in [0.15, 0.2) is 0 Å². The normalized spacial score (nSPS) is 11.5. The zero-order valence-electron chi connectivity index (χ0n) is 22.9. The van der Waals surface area contributed by atoms with E-state index in [1.807, 2.05) is 54.6 Å². The molecule has 8 rings (SSSR count). The SMILES string of the molecule is CCc1nc2c3c(-c4ccc(-c5nnc(-c6ccccc6)o5)cc4)nc4ccccc4c3ccc2n1-c1ccccc1. The lowest BCUT2D eigenvalue weighted by molar-refractivity contribution is 0.584. The van der Waals surface area contributed by atoms with Crippen molar-refractivity contribution >= 4 is 32.7 Å². The Balaban J connectivity index is 1.32. The summed E-state index contributed by atoms with van der Waals surface area (Å²) in [5, 5.41) is 11.9. The molecule has 0 aliphatic carbocycles. The van der Waals surface area contributed by atoms with E-state index in [0.717, 1.165) is 73.0 Å². The van der Waals surface area contributed by atoms with Gasteiger partial charge in [-0.05, 0) is 53.9 Å². The van der Waals surface area contributed by atoms with Crippen molar-refractivity contribution in [3.63, 3.8) is 0 Å². The third-order valence-electron chi connectivity index (χ3n) is 7.74. The first-order chi connectivity index (χ1) is 20.8. The monoisotopic (exact) mass is 543 g/mol. The van der Waals surface area contributed by atoms with Gasteiger partial charge >= 0.3 is 0 Å². The largest absolute Gasteiger partial charge is 0.416 e. The zero-order valence-corrected chi connectivity index (χ0v) is 22.9. The Kier molecular flexibility index (Phi) is 5.64. The minimum Gasteiger partial charge on any atom is -0.416 e. The van der Waals surface area contributed by atoms with Crippen molar-refractivity contribution in [3.05, 3.63) is 127 Å². The number of para-hydroxylation sites is 2. The molecule has 8 aromatic rings. The van der Waals surface area contributed by atoms with Gasteiger partial charge in [-0.3, -0.25) is 4.57 Å². The number of aromatic nitrogens is 5. The van der Waals surface area contributed by atoms with E-state index in [-0.39, 0.29) is 0 Å². The van der Waals surface area contributed by atoms with E-state index < -0.39 is 0 Å². The number of hydrogen-bond donors (Lipinski definition) is 0. The lowest BCUT2D eigenvalue weighted by atomic mass is 9.98. The molecule has 0 unspecified atom stereocenters. The highest BCUT2D eigenvalue weighted by Gasteiger charge is 2.19. The molecule has 6 heteroatoms. The third kappa shape index (κ3) is 3.88. The molecule has 0 atom stereocenters. The van der Waals surface area contributed by atoms with E-state index >= 15 is 0 Å². The molecule has 0 spiro atoms. The maximum Gasteiger partial charge on any atom is 0.248 e. The average Bonchev–Trinajstić information content (AvgIpc) is 3.71. The number of imidazole rings is 1. The van der Waals surface area contributed by atoms with Crippen molar-refractivity contribution in [1.29, 1.82) is 0 Å². The van der Waals surface area contributed by atoms with Crippen LogP contribution in [-0.4, -0.2) is 24.7 Å². The van der Waals surface area contributed by atoms with Crippen LogP contribution in [0, 0.1) is 0 Å². The quantitative estimate of drug-likeness (QED) is 0.203. The lowest BCUT2D eigenvalue weighted by Gasteiger charge is -2.12. The lowest BCUT2D eigenvalue weighted by Crippen LogP contribution is -1.99. The van der Waals surface area contributed by atoms with Gasteiger partial charge in [-0.15, -0.1) is 10.2 Å². The van der Waals surface area contributed by atoms with Crippen LogP contribution < -0.4 is 0 Å². The molecular weight excluding hydrogens is 518 g/mol. The molecule has 42 heavy (non-hydrogen) atoms. The summed E-state index contributed by atoms with van der Waals surface area (Å²) < 4.78 is 8.27. The van der Waals surface area contributed by atoms with E-state index in [1.54, 1.807) is 0 Å². The summed E-state index contributed by atoms with van der Waals surface area (Å²) in [5.74, 6) is 2.00. The molecule has 3 aromatic heterocycles. The Morgan fingerprint density at radius 3 is 1.98 bits per heavy atom. The highest BCUT2D eigenvalue weighted by molar-refractivity contribution is 6.19. The van der Waals surface area contributed by atoms with E-state index in [0.29, 0.717) is 11.8 Å². The molecule has 200 valence electrons. The number of fused-ring (bicyclic) bond motifs is 5. The van der Waals surface area contributed by atoms with Gasteiger partial charge in [0.05, 0.1) is 22.2 Å². The first-order valence-electron chi connectivity index (χ1n) is 14.1. The van der Waals surface area contributed by atoms with Crippen LogP contribution in [-0.2, 0) is 6.42 Å². The molecular formula is C36H25N5O. The molecule has 0 aliphatic rings. The molecule has 0 aliphatic heterocycles. The Bertz CT molecular complexity index is 2220. The maximum atomic E-state index is 6.01. The van der Waals surface area contributed by atoms with Crippen LogP contribution in [0.15, 0.2) is 126 Å². The van der Waals surface area contributed by atoms with Crippen LogP contribution in [0.2, 0.25) is 0 Å². The molecule has 0 saturated carbocycles. The summed E-state index contributed by atoms with van der Waals surface area (Å²) in [7, 11) is 0. The van der Waals surface area contributed by atoms with Crippen molar-refractivity contribution in [3.8, 4) is 39.9 Å². The third-order valence-corrected chi connectivity index (χ3v) is 7.74. The van der Waals surface area contributed by atoms with Gasteiger partial charge in [0.25, 0.3) is 0 Å². The summed E-state index contributed by atoms with van der Waals surface area (Å²) in [6.45, 7) is 2.15.